The largest absolute Gasteiger partial charge is 0.326 e. The van der Waals surface area contributed by atoms with Crippen molar-refractivity contribution in [1.82, 2.24) is 0 Å². The molecular weight excluding hydrogens is 324 g/mol. The SMILES string of the molecule is O=C(Nc1ccc(NC(=O)[C@@H]2C[C@@H]3CC[C@@H]2C3)cc1)[C@H]1C[C@@H]2CC[C@@H]1C2. The second kappa shape index (κ2) is 6.40. The van der Waals surface area contributed by atoms with Gasteiger partial charge in [0, 0.05) is 23.2 Å². The number of rotatable bonds is 4. The van der Waals surface area contributed by atoms with E-state index >= 15 is 0 Å². The van der Waals surface area contributed by atoms with Crippen molar-refractivity contribution in [3.8, 4) is 0 Å². The number of nitrogens with one attached hydrogen (secondary N) is 2. The first-order valence-corrected chi connectivity index (χ1v) is 10.4. The summed E-state index contributed by atoms with van der Waals surface area (Å²) in [6, 6.07) is 7.62. The fraction of sp³-hybridized carbons (Fsp3) is 0.636. The highest BCUT2D eigenvalue weighted by Gasteiger charge is 2.44. The van der Waals surface area contributed by atoms with Crippen molar-refractivity contribution in [2.75, 3.05) is 10.6 Å². The molecule has 0 saturated heterocycles. The number of amides is 2. The summed E-state index contributed by atoms with van der Waals surface area (Å²) in [5.41, 5.74) is 1.66. The van der Waals surface area contributed by atoms with E-state index in [-0.39, 0.29) is 23.7 Å². The number of carbonyl (C=O) groups is 2. The molecule has 26 heavy (non-hydrogen) atoms. The van der Waals surface area contributed by atoms with Crippen LogP contribution in [0.15, 0.2) is 24.3 Å². The lowest BCUT2D eigenvalue weighted by molar-refractivity contribution is -0.122. The van der Waals surface area contributed by atoms with Gasteiger partial charge in [-0.05, 0) is 86.5 Å². The molecule has 4 fully saturated rings. The minimum absolute atomic E-state index is 0.177. The van der Waals surface area contributed by atoms with Gasteiger partial charge in [-0.3, -0.25) is 9.59 Å². The van der Waals surface area contributed by atoms with Crippen molar-refractivity contribution >= 4 is 23.2 Å². The van der Waals surface area contributed by atoms with Crippen molar-refractivity contribution in [2.24, 2.45) is 35.5 Å². The summed E-state index contributed by atoms with van der Waals surface area (Å²) in [5, 5.41) is 6.15. The standard InChI is InChI=1S/C22H28N2O2/c25-21(19-11-13-1-3-15(19)9-13)23-17-5-7-18(8-6-17)24-22(26)20-12-14-2-4-16(20)10-14/h5-8,13-16,19-20H,1-4,9-12H2,(H,23,25)(H,24,26)/t13-,14-,15-,16-,19-,20+/m1/s1. The van der Waals surface area contributed by atoms with E-state index in [1.54, 1.807) is 0 Å². The maximum atomic E-state index is 12.5. The van der Waals surface area contributed by atoms with Crippen LogP contribution in [0.5, 0.6) is 0 Å². The molecule has 2 amide bonds. The minimum Gasteiger partial charge on any atom is -0.326 e. The van der Waals surface area contributed by atoms with Crippen LogP contribution in [-0.2, 0) is 9.59 Å². The zero-order valence-electron chi connectivity index (χ0n) is 15.2. The average molecular weight is 352 g/mol. The molecule has 6 atom stereocenters. The normalized spacial score (nSPS) is 37.1. The molecule has 2 N–H and O–H groups in total. The first-order chi connectivity index (χ1) is 12.7. The van der Waals surface area contributed by atoms with Gasteiger partial charge in [-0.25, -0.2) is 0 Å². The maximum absolute atomic E-state index is 12.5. The summed E-state index contributed by atoms with van der Waals surface area (Å²) in [6.07, 6.45) is 9.67. The zero-order chi connectivity index (χ0) is 17.7. The van der Waals surface area contributed by atoms with Gasteiger partial charge in [0.25, 0.3) is 0 Å². The average Bonchev–Trinajstić information content (AvgIpc) is 3.43. The molecule has 4 bridgehead atoms. The van der Waals surface area contributed by atoms with Crippen LogP contribution in [0.3, 0.4) is 0 Å². The van der Waals surface area contributed by atoms with E-state index in [1.807, 2.05) is 24.3 Å². The van der Waals surface area contributed by atoms with Crippen LogP contribution in [0.1, 0.15) is 51.4 Å². The number of hydrogen-bond donors (Lipinski definition) is 2. The number of anilines is 2. The van der Waals surface area contributed by atoms with E-state index in [4.69, 9.17) is 0 Å². The molecule has 1 aromatic rings. The predicted octanol–water partition coefficient (Wildman–Crippen LogP) is 4.44. The molecular formula is C22H28N2O2. The Bertz CT molecular complexity index is 652. The molecule has 4 heteroatoms. The molecule has 0 aromatic heterocycles. The first-order valence-electron chi connectivity index (χ1n) is 10.4. The van der Waals surface area contributed by atoms with Crippen LogP contribution >= 0.6 is 0 Å². The van der Waals surface area contributed by atoms with Crippen LogP contribution in [0.2, 0.25) is 0 Å². The van der Waals surface area contributed by atoms with E-state index in [1.165, 1.54) is 38.5 Å². The Morgan fingerprint density at radius 1 is 0.654 bits per heavy atom. The number of benzene rings is 1. The first kappa shape index (κ1) is 16.3. The van der Waals surface area contributed by atoms with Crippen LogP contribution in [0.4, 0.5) is 11.4 Å². The van der Waals surface area contributed by atoms with Gasteiger partial charge in [0.1, 0.15) is 0 Å². The highest BCUT2D eigenvalue weighted by molar-refractivity contribution is 5.95. The third-order valence-electron chi connectivity index (χ3n) is 7.57. The third kappa shape index (κ3) is 2.93. The van der Waals surface area contributed by atoms with Crippen LogP contribution in [0, 0.1) is 35.5 Å². The van der Waals surface area contributed by atoms with Crippen molar-refractivity contribution in [1.29, 1.82) is 0 Å². The van der Waals surface area contributed by atoms with Gasteiger partial charge in [-0.2, -0.15) is 0 Å². The second-order valence-electron chi connectivity index (χ2n) is 9.12. The zero-order valence-corrected chi connectivity index (χ0v) is 15.2. The lowest BCUT2D eigenvalue weighted by Gasteiger charge is -2.21. The Labute approximate surface area is 155 Å². The topological polar surface area (TPSA) is 58.2 Å². The highest BCUT2D eigenvalue weighted by Crippen LogP contribution is 2.49. The summed E-state index contributed by atoms with van der Waals surface area (Å²) < 4.78 is 0. The Morgan fingerprint density at radius 2 is 1.08 bits per heavy atom. The van der Waals surface area contributed by atoms with Crippen molar-refractivity contribution in [3.05, 3.63) is 24.3 Å². The van der Waals surface area contributed by atoms with E-state index in [9.17, 15) is 9.59 Å². The molecule has 0 unspecified atom stereocenters. The Kier molecular flexibility index (Phi) is 4.02. The Balaban J connectivity index is 1.17. The molecule has 4 aliphatic rings. The fourth-order valence-electron chi connectivity index (χ4n) is 6.24. The van der Waals surface area contributed by atoms with E-state index < -0.39 is 0 Å². The molecule has 4 aliphatic carbocycles. The summed E-state index contributed by atoms with van der Waals surface area (Å²) in [7, 11) is 0. The lowest BCUT2D eigenvalue weighted by Crippen LogP contribution is -2.27. The van der Waals surface area contributed by atoms with Gasteiger partial charge >= 0.3 is 0 Å². The summed E-state index contributed by atoms with van der Waals surface area (Å²) >= 11 is 0. The van der Waals surface area contributed by atoms with Crippen LogP contribution in [-0.4, -0.2) is 11.8 Å². The predicted molar refractivity (Wildman–Crippen MR) is 102 cm³/mol. The summed E-state index contributed by atoms with van der Waals surface area (Å²) in [5.74, 6) is 3.50. The Hall–Kier alpha value is -1.84. The van der Waals surface area contributed by atoms with Crippen molar-refractivity contribution < 1.29 is 9.59 Å². The molecule has 0 heterocycles. The van der Waals surface area contributed by atoms with Crippen LogP contribution < -0.4 is 10.6 Å². The summed E-state index contributed by atoms with van der Waals surface area (Å²) in [4.78, 5) is 25.1. The lowest BCUT2D eigenvalue weighted by atomic mass is 9.88. The quantitative estimate of drug-likeness (QED) is 0.842. The number of hydrogen-bond acceptors (Lipinski definition) is 2. The van der Waals surface area contributed by atoms with E-state index in [2.05, 4.69) is 10.6 Å². The molecule has 4 saturated carbocycles. The molecule has 5 rings (SSSR count). The van der Waals surface area contributed by atoms with Gasteiger partial charge in [0.2, 0.25) is 11.8 Å². The fourth-order valence-corrected chi connectivity index (χ4v) is 6.24. The Morgan fingerprint density at radius 3 is 1.38 bits per heavy atom. The molecule has 138 valence electrons. The van der Waals surface area contributed by atoms with Crippen LogP contribution in [0.25, 0.3) is 0 Å². The molecule has 1 aromatic carbocycles. The number of fused-ring (bicyclic) bond motifs is 4. The second-order valence-corrected chi connectivity index (χ2v) is 9.12. The van der Waals surface area contributed by atoms with Gasteiger partial charge in [-0.15, -0.1) is 0 Å². The monoisotopic (exact) mass is 352 g/mol. The smallest absolute Gasteiger partial charge is 0.227 e. The van der Waals surface area contributed by atoms with E-state index in [0.29, 0.717) is 11.8 Å². The van der Waals surface area contributed by atoms with Gasteiger partial charge < -0.3 is 10.6 Å². The highest BCUT2D eigenvalue weighted by atomic mass is 16.2. The summed E-state index contributed by atoms with van der Waals surface area (Å²) in [6.45, 7) is 0. The van der Waals surface area contributed by atoms with Crippen molar-refractivity contribution in [2.45, 2.75) is 51.4 Å². The third-order valence-corrected chi connectivity index (χ3v) is 7.57. The van der Waals surface area contributed by atoms with Crippen molar-refractivity contribution in [3.63, 3.8) is 0 Å². The molecule has 0 aliphatic heterocycles. The maximum Gasteiger partial charge on any atom is 0.227 e. The number of carbonyl (C=O) groups excluding carboxylic acids is 2. The molecule has 0 radical (unpaired) electrons. The molecule has 4 nitrogen and oxygen atoms in total. The van der Waals surface area contributed by atoms with Gasteiger partial charge in [-0.1, -0.05) is 12.8 Å². The van der Waals surface area contributed by atoms with E-state index in [0.717, 1.165) is 36.1 Å². The molecule has 0 spiro atoms. The van der Waals surface area contributed by atoms with Gasteiger partial charge in [0.15, 0.2) is 0 Å². The van der Waals surface area contributed by atoms with Gasteiger partial charge in [0.05, 0.1) is 0 Å². The minimum atomic E-state index is 0.177.